The Labute approximate surface area is 214 Å². The third-order valence-corrected chi connectivity index (χ3v) is 7.26. The van der Waals surface area contributed by atoms with Crippen LogP contribution in [0.4, 0.5) is 5.69 Å². The van der Waals surface area contributed by atoms with Crippen molar-refractivity contribution in [2.24, 2.45) is 0 Å². The first kappa shape index (κ1) is 22.6. The van der Waals surface area contributed by atoms with Crippen LogP contribution in [0, 0.1) is 0 Å². The number of amides is 1. The van der Waals surface area contributed by atoms with E-state index < -0.39 is 5.60 Å². The van der Waals surface area contributed by atoms with Crippen LogP contribution in [0.3, 0.4) is 0 Å². The topological polar surface area (TPSA) is 54.1 Å². The molecule has 0 saturated carbocycles. The molecule has 1 aliphatic rings. The van der Waals surface area contributed by atoms with Gasteiger partial charge in [-0.1, -0.05) is 96.5 Å². The summed E-state index contributed by atoms with van der Waals surface area (Å²) in [5.74, 6) is -0.392. The Morgan fingerprint density at radius 2 is 1.47 bits per heavy atom. The van der Waals surface area contributed by atoms with Gasteiger partial charge in [0.25, 0.3) is 5.91 Å². The SMILES string of the molecule is CCOC1(c2c(C(c3ccccc3)c3ccccc3)[nH]c3cccc(Cl)c23)C(=O)Nc2ccccc21. The van der Waals surface area contributed by atoms with Crippen molar-refractivity contribution in [3.05, 3.63) is 136 Å². The molecule has 0 aliphatic carbocycles. The van der Waals surface area contributed by atoms with Crippen molar-refractivity contribution in [2.75, 3.05) is 11.9 Å². The maximum absolute atomic E-state index is 14.0. The number of ether oxygens (including phenoxy) is 1. The Morgan fingerprint density at radius 3 is 2.14 bits per heavy atom. The third-order valence-electron chi connectivity index (χ3n) is 6.94. The molecule has 4 nitrogen and oxygen atoms in total. The number of anilines is 1. The smallest absolute Gasteiger partial charge is 0.266 e. The number of carbonyl (C=O) groups is 1. The maximum atomic E-state index is 14.0. The number of aromatic nitrogens is 1. The maximum Gasteiger partial charge on any atom is 0.266 e. The first-order valence-electron chi connectivity index (χ1n) is 12.1. The van der Waals surface area contributed by atoms with Crippen LogP contribution in [-0.2, 0) is 15.1 Å². The van der Waals surface area contributed by atoms with Gasteiger partial charge >= 0.3 is 0 Å². The second kappa shape index (κ2) is 8.98. The van der Waals surface area contributed by atoms with Gasteiger partial charge in [-0.25, -0.2) is 0 Å². The largest absolute Gasteiger partial charge is 0.357 e. The van der Waals surface area contributed by atoms with Crippen LogP contribution in [0.2, 0.25) is 5.02 Å². The van der Waals surface area contributed by atoms with Gasteiger partial charge < -0.3 is 15.0 Å². The first-order valence-corrected chi connectivity index (χ1v) is 12.5. The van der Waals surface area contributed by atoms with Crippen LogP contribution >= 0.6 is 11.6 Å². The summed E-state index contributed by atoms with van der Waals surface area (Å²) < 4.78 is 6.51. The molecule has 1 aromatic heterocycles. The summed E-state index contributed by atoms with van der Waals surface area (Å²) in [5.41, 5.74) is 4.89. The minimum absolute atomic E-state index is 0.177. The summed E-state index contributed by atoms with van der Waals surface area (Å²) >= 11 is 6.88. The second-order valence-electron chi connectivity index (χ2n) is 8.94. The lowest BCUT2D eigenvalue weighted by atomic mass is 9.79. The van der Waals surface area contributed by atoms with E-state index in [9.17, 15) is 4.79 Å². The van der Waals surface area contributed by atoms with E-state index >= 15 is 0 Å². The van der Waals surface area contributed by atoms with Gasteiger partial charge in [0.05, 0.1) is 5.02 Å². The fourth-order valence-corrected chi connectivity index (χ4v) is 5.80. The Bertz CT molecular complexity index is 1520. The zero-order valence-electron chi connectivity index (χ0n) is 19.8. The third kappa shape index (κ3) is 3.37. The Balaban J connectivity index is 1.75. The van der Waals surface area contributed by atoms with Gasteiger partial charge in [-0.05, 0) is 36.2 Å². The number of benzene rings is 4. The minimum Gasteiger partial charge on any atom is -0.357 e. The quantitative estimate of drug-likeness (QED) is 0.262. The predicted octanol–water partition coefficient (Wildman–Crippen LogP) is 7.23. The van der Waals surface area contributed by atoms with Crippen molar-refractivity contribution in [2.45, 2.75) is 18.4 Å². The molecule has 1 amide bonds. The highest BCUT2D eigenvalue weighted by molar-refractivity contribution is 6.36. The molecule has 0 spiro atoms. The van der Waals surface area contributed by atoms with Crippen LogP contribution in [0.1, 0.15) is 40.8 Å². The normalized spacial score (nSPS) is 16.9. The van der Waals surface area contributed by atoms with E-state index in [2.05, 4.69) is 34.6 Å². The summed E-state index contributed by atoms with van der Waals surface area (Å²) in [7, 11) is 0. The van der Waals surface area contributed by atoms with Gasteiger partial charge in [-0.2, -0.15) is 0 Å². The fraction of sp³-hybridized carbons (Fsp3) is 0.129. The van der Waals surface area contributed by atoms with Crippen LogP contribution in [-0.4, -0.2) is 17.5 Å². The van der Waals surface area contributed by atoms with Gasteiger partial charge in [-0.15, -0.1) is 0 Å². The molecule has 178 valence electrons. The number of halogens is 1. The van der Waals surface area contributed by atoms with E-state index in [0.717, 1.165) is 44.5 Å². The molecule has 36 heavy (non-hydrogen) atoms. The summed E-state index contributed by atoms with van der Waals surface area (Å²) in [6.07, 6.45) is 0. The number of H-pyrrole nitrogens is 1. The van der Waals surface area contributed by atoms with E-state index in [1.807, 2.05) is 85.8 Å². The van der Waals surface area contributed by atoms with Gasteiger partial charge in [0.15, 0.2) is 0 Å². The predicted molar refractivity (Wildman–Crippen MR) is 145 cm³/mol. The van der Waals surface area contributed by atoms with Crippen LogP contribution < -0.4 is 5.32 Å². The van der Waals surface area contributed by atoms with Crippen molar-refractivity contribution in [3.8, 4) is 0 Å². The van der Waals surface area contributed by atoms with Gasteiger partial charge in [-0.3, -0.25) is 4.79 Å². The van der Waals surface area contributed by atoms with Crippen molar-refractivity contribution in [1.82, 2.24) is 4.98 Å². The van der Waals surface area contributed by atoms with Gasteiger partial charge in [0, 0.05) is 45.9 Å². The summed E-state index contributed by atoms with van der Waals surface area (Å²) in [4.78, 5) is 17.6. The number of aromatic amines is 1. The molecule has 0 bridgehead atoms. The number of hydrogen-bond acceptors (Lipinski definition) is 2. The fourth-order valence-electron chi connectivity index (χ4n) is 5.54. The molecule has 2 N–H and O–H groups in total. The van der Waals surface area contributed by atoms with Crippen LogP contribution in [0.15, 0.2) is 103 Å². The van der Waals surface area contributed by atoms with Crippen LogP contribution in [0.5, 0.6) is 0 Å². The zero-order valence-corrected chi connectivity index (χ0v) is 20.5. The molecule has 1 aliphatic heterocycles. The lowest BCUT2D eigenvalue weighted by Crippen LogP contribution is -2.39. The highest BCUT2D eigenvalue weighted by atomic mass is 35.5. The molecule has 4 aromatic carbocycles. The Kier molecular flexibility index (Phi) is 5.63. The Hall–Kier alpha value is -3.86. The number of rotatable bonds is 6. The van der Waals surface area contributed by atoms with Crippen molar-refractivity contribution < 1.29 is 9.53 Å². The van der Waals surface area contributed by atoms with E-state index in [1.165, 1.54) is 0 Å². The summed E-state index contributed by atoms with van der Waals surface area (Å²) in [5, 5.41) is 4.44. The molecule has 2 heterocycles. The highest BCUT2D eigenvalue weighted by Crippen LogP contribution is 2.51. The van der Waals surface area contributed by atoms with E-state index in [-0.39, 0.29) is 11.8 Å². The lowest BCUT2D eigenvalue weighted by molar-refractivity contribution is -0.135. The summed E-state index contributed by atoms with van der Waals surface area (Å²) in [6.45, 7) is 2.26. The van der Waals surface area contributed by atoms with Crippen molar-refractivity contribution in [3.63, 3.8) is 0 Å². The lowest BCUT2D eigenvalue weighted by Gasteiger charge is -2.31. The highest BCUT2D eigenvalue weighted by Gasteiger charge is 2.53. The number of fused-ring (bicyclic) bond motifs is 2. The standard InChI is InChI=1S/C31H25ClN2O2/c1-2-36-31(22-16-9-10-18-24(22)34-30(31)35)28-27-23(32)17-11-19-25(27)33-29(28)26(20-12-5-3-6-13-20)21-14-7-4-8-15-21/h3-19,26,33H,2H2,1H3,(H,34,35). The molecule has 1 unspecified atom stereocenters. The minimum atomic E-state index is -1.36. The molecule has 0 radical (unpaired) electrons. The van der Waals surface area contributed by atoms with Crippen LogP contribution in [0.25, 0.3) is 10.9 Å². The average Bonchev–Trinajstić information content (AvgIpc) is 3.42. The molecule has 0 saturated heterocycles. The van der Waals surface area contributed by atoms with Gasteiger partial charge in [0.2, 0.25) is 5.60 Å². The first-order chi connectivity index (χ1) is 17.6. The summed E-state index contributed by atoms with van der Waals surface area (Å²) in [6, 6.07) is 34.2. The molecule has 1 atom stereocenters. The van der Waals surface area contributed by atoms with Gasteiger partial charge in [0.1, 0.15) is 0 Å². The molecule has 5 aromatic rings. The number of para-hydroxylation sites is 1. The molecule has 5 heteroatoms. The number of hydrogen-bond donors (Lipinski definition) is 2. The van der Waals surface area contributed by atoms with E-state index in [0.29, 0.717) is 11.6 Å². The van der Waals surface area contributed by atoms with Crippen molar-refractivity contribution >= 4 is 34.1 Å². The number of carbonyl (C=O) groups excluding carboxylic acids is 1. The van der Waals surface area contributed by atoms with E-state index in [1.54, 1.807) is 0 Å². The number of nitrogens with one attached hydrogen (secondary N) is 2. The molecular weight excluding hydrogens is 468 g/mol. The van der Waals surface area contributed by atoms with E-state index in [4.69, 9.17) is 16.3 Å². The molecule has 6 rings (SSSR count). The van der Waals surface area contributed by atoms with Crippen molar-refractivity contribution in [1.29, 1.82) is 0 Å². The second-order valence-corrected chi connectivity index (χ2v) is 9.35. The average molecular weight is 493 g/mol. The molecular formula is C31H25ClN2O2. The monoisotopic (exact) mass is 492 g/mol. The molecule has 0 fully saturated rings. The Morgan fingerprint density at radius 1 is 0.833 bits per heavy atom. The zero-order chi connectivity index (χ0) is 24.7.